The van der Waals surface area contributed by atoms with Crippen LogP contribution in [0, 0.1) is 0 Å². The third-order valence-electron chi connectivity index (χ3n) is 6.23. The summed E-state index contributed by atoms with van der Waals surface area (Å²) in [4.78, 5) is 26.9. The molecule has 0 aromatic rings. The number of rotatable bonds is 3. The van der Waals surface area contributed by atoms with E-state index in [1.165, 1.54) is 25.7 Å². The Morgan fingerprint density at radius 3 is 1.92 bits per heavy atom. The molecule has 1 saturated heterocycles. The number of hydrogen-bond donors (Lipinski definition) is 3. The molecular formula is C19H34N4O2. The van der Waals surface area contributed by atoms with Gasteiger partial charge in [0.1, 0.15) is 0 Å². The summed E-state index contributed by atoms with van der Waals surface area (Å²) in [6.07, 6.45) is 12.5. The first kappa shape index (κ1) is 18.5. The van der Waals surface area contributed by atoms with Gasteiger partial charge < -0.3 is 21.3 Å². The Labute approximate surface area is 151 Å². The molecule has 6 heteroatoms. The van der Waals surface area contributed by atoms with Crippen LogP contribution in [-0.4, -0.2) is 47.6 Å². The summed E-state index contributed by atoms with van der Waals surface area (Å²) in [5.41, 5.74) is 5.74. The molecule has 2 saturated carbocycles. The summed E-state index contributed by atoms with van der Waals surface area (Å²) in [6, 6.07) is 0.450. The first-order valence-electron chi connectivity index (χ1n) is 10.2. The summed E-state index contributed by atoms with van der Waals surface area (Å²) in [7, 11) is 0. The van der Waals surface area contributed by atoms with Crippen molar-refractivity contribution in [2.45, 2.75) is 94.7 Å². The molecule has 0 radical (unpaired) electrons. The van der Waals surface area contributed by atoms with Crippen LogP contribution >= 0.6 is 0 Å². The lowest BCUT2D eigenvalue weighted by molar-refractivity contribution is -0.139. The predicted molar refractivity (Wildman–Crippen MR) is 98.1 cm³/mol. The van der Waals surface area contributed by atoms with Crippen molar-refractivity contribution in [2.75, 3.05) is 13.1 Å². The Morgan fingerprint density at radius 2 is 1.32 bits per heavy atom. The minimum Gasteiger partial charge on any atom is -0.341 e. The molecule has 0 aromatic heterocycles. The SMILES string of the molecule is NC1(C(=O)N2CCC(NC(=O)NC3CCCCC3)CC2)CCCCC1. The van der Waals surface area contributed by atoms with Crippen LogP contribution in [0.15, 0.2) is 0 Å². The fourth-order valence-electron chi connectivity index (χ4n) is 4.60. The van der Waals surface area contributed by atoms with Gasteiger partial charge in [-0.25, -0.2) is 4.79 Å². The van der Waals surface area contributed by atoms with E-state index >= 15 is 0 Å². The van der Waals surface area contributed by atoms with Gasteiger partial charge in [-0.05, 0) is 38.5 Å². The Kier molecular flexibility index (Phi) is 6.20. The second-order valence-electron chi connectivity index (χ2n) is 8.24. The van der Waals surface area contributed by atoms with E-state index in [1.807, 2.05) is 4.90 Å². The maximum absolute atomic E-state index is 12.8. The largest absolute Gasteiger partial charge is 0.341 e. The first-order chi connectivity index (χ1) is 12.1. The highest BCUT2D eigenvalue weighted by atomic mass is 16.2. The summed E-state index contributed by atoms with van der Waals surface area (Å²) >= 11 is 0. The molecule has 3 rings (SSSR count). The molecular weight excluding hydrogens is 316 g/mol. The van der Waals surface area contributed by atoms with Gasteiger partial charge in [0.25, 0.3) is 0 Å². The van der Waals surface area contributed by atoms with Crippen molar-refractivity contribution in [2.24, 2.45) is 5.73 Å². The Morgan fingerprint density at radius 1 is 0.800 bits per heavy atom. The van der Waals surface area contributed by atoms with Crippen molar-refractivity contribution in [3.8, 4) is 0 Å². The number of hydrogen-bond acceptors (Lipinski definition) is 3. The van der Waals surface area contributed by atoms with Gasteiger partial charge in [-0.1, -0.05) is 38.5 Å². The third kappa shape index (κ3) is 4.87. The van der Waals surface area contributed by atoms with Crippen LogP contribution in [0.5, 0.6) is 0 Å². The van der Waals surface area contributed by atoms with E-state index in [2.05, 4.69) is 10.6 Å². The molecule has 3 fully saturated rings. The summed E-state index contributed by atoms with van der Waals surface area (Å²) in [5.74, 6) is 0.123. The Bertz CT molecular complexity index is 462. The van der Waals surface area contributed by atoms with Crippen molar-refractivity contribution in [3.05, 3.63) is 0 Å². The third-order valence-corrected chi connectivity index (χ3v) is 6.23. The predicted octanol–water partition coefficient (Wildman–Crippen LogP) is 2.27. The van der Waals surface area contributed by atoms with Gasteiger partial charge in [0.2, 0.25) is 5.91 Å². The molecule has 0 aromatic carbocycles. The average molecular weight is 351 g/mol. The zero-order valence-corrected chi connectivity index (χ0v) is 15.4. The van der Waals surface area contributed by atoms with Gasteiger partial charge in [-0.15, -0.1) is 0 Å². The molecule has 4 N–H and O–H groups in total. The fourth-order valence-corrected chi connectivity index (χ4v) is 4.60. The van der Waals surface area contributed by atoms with Crippen molar-refractivity contribution in [1.82, 2.24) is 15.5 Å². The van der Waals surface area contributed by atoms with E-state index in [4.69, 9.17) is 5.73 Å². The normalized spacial score (nSPS) is 25.4. The fraction of sp³-hybridized carbons (Fsp3) is 0.895. The van der Waals surface area contributed by atoms with E-state index in [0.717, 1.165) is 51.4 Å². The number of carbonyl (C=O) groups excluding carboxylic acids is 2. The van der Waals surface area contributed by atoms with Crippen LogP contribution < -0.4 is 16.4 Å². The topological polar surface area (TPSA) is 87.5 Å². The van der Waals surface area contributed by atoms with E-state index < -0.39 is 5.54 Å². The Balaban J connectivity index is 1.40. The van der Waals surface area contributed by atoms with Gasteiger partial charge in [0.15, 0.2) is 0 Å². The molecule has 0 unspecified atom stereocenters. The van der Waals surface area contributed by atoms with Gasteiger partial charge in [-0.3, -0.25) is 4.79 Å². The number of likely N-dealkylation sites (tertiary alicyclic amines) is 1. The molecule has 0 spiro atoms. The molecule has 6 nitrogen and oxygen atoms in total. The number of amides is 3. The highest BCUT2D eigenvalue weighted by Gasteiger charge is 2.39. The number of nitrogens with zero attached hydrogens (tertiary/aromatic N) is 1. The molecule has 25 heavy (non-hydrogen) atoms. The monoisotopic (exact) mass is 350 g/mol. The second kappa shape index (κ2) is 8.39. The van der Waals surface area contributed by atoms with Gasteiger partial charge in [0.05, 0.1) is 5.54 Å². The van der Waals surface area contributed by atoms with Gasteiger partial charge >= 0.3 is 6.03 Å². The number of piperidine rings is 1. The molecule has 3 amide bonds. The maximum Gasteiger partial charge on any atom is 0.315 e. The second-order valence-corrected chi connectivity index (χ2v) is 8.24. The molecule has 0 bridgehead atoms. The van der Waals surface area contributed by atoms with Crippen LogP contribution in [0.2, 0.25) is 0 Å². The quantitative estimate of drug-likeness (QED) is 0.730. The van der Waals surface area contributed by atoms with Crippen molar-refractivity contribution in [3.63, 3.8) is 0 Å². The van der Waals surface area contributed by atoms with Crippen LogP contribution in [-0.2, 0) is 4.79 Å². The van der Waals surface area contributed by atoms with Gasteiger partial charge in [0, 0.05) is 25.2 Å². The van der Waals surface area contributed by atoms with Crippen LogP contribution in [0.1, 0.15) is 77.0 Å². The molecule has 1 aliphatic heterocycles. The average Bonchev–Trinajstić information content (AvgIpc) is 2.63. The van der Waals surface area contributed by atoms with E-state index in [0.29, 0.717) is 19.1 Å². The van der Waals surface area contributed by atoms with Gasteiger partial charge in [-0.2, -0.15) is 0 Å². The standard InChI is InChI=1S/C19H34N4O2/c20-19(11-5-2-6-12-19)17(24)23-13-9-16(10-14-23)22-18(25)21-15-7-3-1-4-8-15/h15-16H,1-14,20H2,(H2,21,22,25). The maximum atomic E-state index is 12.8. The molecule has 142 valence electrons. The van der Waals surface area contributed by atoms with E-state index in [9.17, 15) is 9.59 Å². The summed E-state index contributed by atoms with van der Waals surface area (Å²) in [6.45, 7) is 1.40. The van der Waals surface area contributed by atoms with Crippen LogP contribution in [0.4, 0.5) is 4.79 Å². The zero-order chi connectivity index (χ0) is 17.7. The Hall–Kier alpha value is -1.30. The first-order valence-corrected chi connectivity index (χ1v) is 10.2. The van der Waals surface area contributed by atoms with E-state index in [1.54, 1.807) is 0 Å². The van der Waals surface area contributed by atoms with Crippen molar-refractivity contribution in [1.29, 1.82) is 0 Å². The minimum absolute atomic E-state index is 0.0424. The number of nitrogens with two attached hydrogens (primary N) is 1. The lowest BCUT2D eigenvalue weighted by atomic mass is 9.81. The number of carbonyl (C=O) groups is 2. The highest BCUT2D eigenvalue weighted by Crippen LogP contribution is 2.28. The van der Waals surface area contributed by atoms with Crippen molar-refractivity contribution >= 4 is 11.9 Å². The number of nitrogens with one attached hydrogen (secondary N) is 2. The molecule has 3 aliphatic rings. The molecule has 1 heterocycles. The van der Waals surface area contributed by atoms with Crippen molar-refractivity contribution < 1.29 is 9.59 Å². The lowest BCUT2D eigenvalue weighted by Crippen LogP contribution is -2.59. The lowest BCUT2D eigenvalue weighted by Gasteiger charge is -2.40. The summed E-state index contributed by atoms with van der Waals surface area (Å²) in [5, 5.41) is 6.20. The number of urea groups is 1. The summed E-state index contributed by atoms with van der Waals surface area (Å²) < 4.78 is 0. The minimum atomic E-state index is -0.642. The molecule has 2 aliphatic carbocycles. The smallest absolute Gasteiger partial charge is 0.315 e. The zero-order valence-electron chi connectivity index (χ0n) is 15.4. The van der Waals surface area contributed by atoms with Crippen LogP contribution in [0.3, 0.4) is 0 Å². The highest BCUT2D eigenvalue weighted by molar-refractivity contribution is 5.86. The van der Waals surface area contributed by atoms with E-state index in [-0.39, 0.29) is 18.0 Å². The molecule has 0 atom stereocenters. The van der Waals surface area contributed by atoms with Crippen LogP contribution in [0.25, 0.3) is 0 Å².